The van der Waals surface area contributed by atoms with Crippen molar-refractivity contribution < 1.29 is 33.0 Å². The summed E-state index contributed by atoms with van der Waals surface area (Å²) in [5.41, 5.74) is 0.147. The number of hydrogen-bond donors (Lipinski definition) is 1. The second-order valence-corrected chi connectivity index (χ2v) is 8.34. The van der Waals surface area contributed by atoms with Gasteiger partial charge in [-0.25, -0.2) is 4.39 Å². The van der Waals surface area contributed by atoms with Gasteiger partial charge in [-0.05, 0) is 57.2 Å². The number of Topliss-reactive ketones (excluding diaryl/α,β-unsaturated/α-hetero) is 1. The fourth-order valence-corrected chi connectivity index (χ4v) is 3.69. The van der Waals surface area contributed by atoms with Crippen LogP contribution < -0.4 is 10.1 Å². The summed E-state index contributed by atoms with van der Waals surface area (Å²) in [5.74, 6) is -1.40. The predicted molar refractivity (Wildman–Crippen MR) is 114 cm³/mol. The molecule has 7 nitrogen and oxygen atoms in total. The molecule has 3 rings (SSSR count). The molecular formula is C23H23ClFNO6. The standard InChI is InChI=1S/C23H23ClFNO6/c1-12(27)14-6-8-19-16(9-14)20(21(23(3,4)32-19)31-11-30-13(2)28)26-22(29)15-5-7-18(25)17(24)10-15/h5-10,20-21H,11H2,1-4H3,(H,26,29). The van der Waals surface area contributed by atoms with Crippen LogP contribution in [-0.2, 0) is 14.3 Å². The Hall–Kier alpha value is -2.97. The van der Waals surface area contributed by atoms with Crippen LogP contribution >= 0.6 is 11.6 Å². The van der Waals surface area contributed by atoms with Crippen molar-refractivity contribution in [2.24, 2.45) is 0 Å². The maximum absolute atomic E-state index is 13.5. The molecule has 32 heavy (non-hydrogen) atoms. The molecule has 2 unspecified atom stereocenters. The minimum atomic E-state index is -0.941. The maximum Gasteiger partial charge on any atom is 0.304 e. The van der Waals surface area contributed by atoms with Crippen molar-refractivity contribution in [3.8, 4) is 5.75 Å². The molecule has 2 aromatic carbocycles. The molecule has 2 aromatic rings. The molecular weight excluding hydrogens is 441 g/mol. The van der Waals surface area contributed by atoms with Crippen LogP contribution in [0.2, 0.25) is 5.02 Å². The Labute approximate surface area is 189 Å². The van der Waals surface area contributed by atoms with E-state index in [9.17, 15) is 18.8 Å². The molecule has 9 heteroatoms. The van der Waals surface area contributed by atoms with Crippen molar-refractivity contribution in [2.75, 3.05) is 6.79 Å². The lowest BCUT2D eigenvalue weighted by Crippen LogP contribution is -2.55. The number of benzene rings is 2. The molecule has 0 radical (unpaired) electrons. The van der Waals surface area contributed by atoms with Gasteiger partial charge in [-0.1, -0.05) is 11.6 Å². The zero-order valence-corrected chi connectivity index (χ0v) is 18.8. The van der Waals surface area contributed by atoms with Gasteiger partial charge in [0.15, 0.2) is 12.6 Å². The quantitative estimate of drug-likeness (QED) is 0.391. The molecule has 1 amide bonds. The van der Waals surface area contributed by atoms with E-state index in [1.54, 1.807) is 32.0 Å². The molecule has 170 valence electrons. The maximum atomic E-state index is 13.5. The molecule has 1 heterocycles. The molecule has 0 spiro atoms. The largest absolute Gasteiger partial charge is 0.485 e. The third kappa shape index (κ3) is 5.08. The van der Waals surface area contributed by atoms with E-state index in [1.807, 2.05) is 0 Å². The van der Waals surface area contributed by atoms with E-state index in [1.165, 1.54) is 26.0 Å². The van der Waals surface area contributed by atoms with E-state index in [2.05, 4.69) is 5.32 Å². The molecule has 0 saturated heterocycles. The van der Waals surface area contributed by atoms with Crippen molar-refractivity contribution in [1.29, 1.82) is 0 Å². The van der Waals surface area contributed by atoms with Gasteiger partial charge in [0, 0.05) is 23.6 Å². The predicted octanol–water partition coefficient (Wildman–Crippen LogP) is 4.23. The first kappa shape index (κ1) is 23.7. The molecule has 0 aliphatic carbocycles. The van der Waals surface area contributed by atoms with Crippen LogP contribution in [0.5, 0.6) is 5.75 Å². The second-order valence-electron chi connectivity index (χ2n) is 7.94. The smallest absolute Gasteiger partial charge is 0.304 e. The summed E-state index contributed by atoms with van der Waals surface area (Å²) in [7, 11) is 0. The highest BCUT2D eigenvalue weighted by Gasteiger charge is 2.46. The summed E-state index contributed by atoms with van der Waals surface area (Å²) in [6.07, 6.45) is -0.795. The van der Waals surface area contributed by atoms with E-state index in [0.29, 0.717) is 16.9 Å². The Kier molecular flexibility index (Phi) is 6.85. The fourth-order valence-electron chi connectivity index (χ4n) is 3.51. The van der Waals surface area contributed by atoms with Gasteiger partial charge in [-0.3, -0.25) is 14.4 Å². The summed E-state index contributed by atoms with van der Waals surface area (Å²) >= 11 is 5.82. The summed E-state index contributed by atoms with van der Waals surface area (Å²) in [6, 6.07) is 7.76. The number of ketones is 1. The van der Waals surface area contributed by atoms with Crippen LogP contribution in [-0.4, -0.2) is 36.2 Å². The first-order valence-corrected chi connectivity index (χ1v) is 10.2. The van der Waals surface area contributed by atoms with Crippen LogP contribution in [0.25, 0.3) is 0 Å². The normalized spacial score (nSPS) is 18.8. The number of ether oxygens (including phenoxy) is 3. The number of carbonyl (C=O) groups is 3. The van der Waals surface area contributed by atoms with Gasteiger partial charge in [-0.15, -0.1) is 0 Å². The molecule has 0 fully saturated rings. The second kappa shape index (κ2) is 9.26. The SMILES string of the molecule is CC(=O)OCOC1C(NC(=O)c2ccc(F)c(Cl)c2)c2cc(C(C)=O)ccc2OC1(C)C. The van der Waals surface area contributed by atoms with Crippen LogP contribution in [0.4, 0.5) is 4.39 Å². The summed E-state index contributed by atoms with van der Waals surface area (Å²) < 4.78 is 30.3. The highest BCUT2D eigenvalue weighted by molar-refractivity contribution is 6.31. The molecule has 1 N–H and O–H groups in total. The van der Waals surface area contributed by atoms with Gasteiger partial charge in [0.1, 0.15) is 23.3 Å². The van der Waals surface area contributed by atoms with Gasteiger partial charge in [0.25, 0.3) is 5.91 Å². The highest BCUT2D eigenvalue weighted by Crippen LogP contribution is 2.42. The molecule has 0 bridgehead atoms. The number of carbonyl (C=O) groups excluding carboxylic acids is 3. The Balaban J connectivity index is 2.01. The lowest BCUT2D eigenvalue weighted by Gasteiger charge is -2.44. The van der Waals surface area contributed by atoms with Gasteiger partial charge in [0.2, 0.25) is 0 Å². The van der Waals surface area contributed by atoms with Crippen LogP contribution in [0.3, 0.4) is 0 Å². The summed E-state index contributed by atoms with van der Waals surface area (Å²) in [5, 5.41) is 2.68. The summed E-state index contributed by atoms with van der Waals surface area (Å²) in [4.78, 5) is 36.1. The van der Waals surface area contributed by atoms with E-state index in [0.717, 1.165) is 6.07 Å². The van der Waals surface area contributed by atoms with Crippen molar-refractivity contribution in [3.63, 3.8) is 0 Å². The Morgan fingerprint density at radius 3 is 2.44 bits per heavy atom. The zero-order valence-electron chi connectivity index (χ0n) is 18.0. The molecule has 0 aromatic heterocycles. The molecule has 1 aliphatic rings. The third-order valence-corrected chi connectivity index (χ3v) is 5.38. The van der Waals surface area contributed by atoms with Gasteiger partial charge in [-0.2, -0.15) is 0 Å². The number of hydrogen-bond acceptors (Lipinski definition) is 6. The Morgan fingerprint density at radius 1 is 1.12 bits per heavy atom. The fraction of sp³-hybridized carbons (Fsp3) is 0.348. The Morgan fingerprint density at radius 2 is 1.81 bits per heavy atom. The van der Waals surface area contributed by atoms with Gasteiger partial charge >= 0.3 is 5.97 Å². The van der Waals surface area contributed by atoms with Gasteiger partial charge < -0.3 is 19.5 Å². The Bertz CT molecular complexity index is 1070. The number of amides is 1. The molecule has 1 aliphatic heterocycles. The lowest BCUT2D eigenvalue weighted by molar-refractivity contribution is -0.177. The number of fused-ring (bicyclic) bond motifs is 1. The van der Waals surface area contributed by atoms with Crippen LogP contribution in [0.15, 0.2) is 36.4 Å². The minimum absolute atomic E-state index is 0.142. The highest BCUT2D eigenvalue weighted by atomic mass is 35.5. The monoisotopic (exact) mass is 463 g/mol. The van der Waals surface area contributed by atoms with Crippen LogP contribution in [0, 0.1) is 5.82 Å². The molecule has 2 atom stereocenters. The number of halogens is 2. The number of nitrogens with one attached hydrogen (secondary N) is 1. The average molecular weight is 464 g/mol. The number of rotatable bonds is 6. The molecule has 0 saturated carbocycles. The van der Waals surface area contributed by atoms with Crippen molar-refractivity contribution in [2.45, 2.75) is 45.4 Å². The summed E-state index contributed by atoms with van der Waals surface area (Å²) in [6.45, 7) is 5.85. The van der Waals surface area contributed by atoms with Crippen molar-refractivity contribution in [1.82, 2.24) is 5.32 Å². The van der Waals surface area contributed by atoms with Crippen LogP contribution in [0.1, 0.15) is 60.0 Å². The van der Waals surface area contributed by atoms with Crippen molar-refractivity contribution in [3.05, 3.63) is 63.9 Å². The minimum Gasteiger partial charge on any atom is -0.485 e. The topological polar surface area (TPSA) is 90.9 Å². The average Bonchev–Trinajstić information content (AvgIpc) is 2.70. The van der Waals surface area contributed by atoms with E-state index >= 15 is 0 Å². The van der Waals surface area contributed by atoms with Crippen molar-refractivity contribution >= 4 is 29.3 Å². The first-order chi connectivity index (χ1) is 15.0. The number of esters is 1. The van der Waals surface area contributed by atoms with Gasteiger partial charge in [0.05, 0.1) is 11.1 Å². The lowest BCUT2D eigenvalue weighted by atomic mass is 9.85. The van der Waals surface area contributed by atoms with E-state index in [-0.39, 0.29) is 23.2 Å². The zero-order chi connectivity index (χ0) is 23.6. The first-order valence-electron chi connectivity index (χ1n) is 9.84. The van der Waals surface area contributed by atoms with E-state index in [4.69, 9.17) is 25.8 Å². The third-order valence-electron chi connectivity index (χ3n) is 5.09. The van der Waals surface area contributed by atoms with E-state index < -0.39 is 35.4 Å².